The maximum atomic E-state index is 11.6. The minimum absolute atomic E-state index is 0.344. The Morgan fingerprint density at radius 2 is 1.90 bits per heavy atom. The summed E-state index contributed by atoms with van der Waals surface area (Å²) in [6, 6.07) is 7.49. The molecule has 6 heteroatoms. The lowest BCUT2D eigenvalue weighted by Gasteiger charge is -2.36. The molecule has 1 aliphatic carbocycles. The third kappa shape index (κ3) is 6.24. The van der Waals surface area contributed by atoms with Crippen LogP contribution >= 0.6 is 0 Å². The van der Waals surface area contributed by atoms with Crippen LogP contribution < -0.4 is 0 Å². The number of allylic oxidation sites excluding steroid dienone is 4. The molecule has 1 unspecified atom stereocenters. The summed E-state index contributed by atoms with van der Waals surface area (Å²) in [7, 11) is 0. The van der Waals surface area contributed by atoms with Crippen LogP contribution in [0.1, 0.15) is 101 Å². The summed E-state index contributed by atoms with van der Waals surface area (Å²) in [5, 5.41) is 1.37. The van der Waals surface area contributed by atoms with E-state index in [4.69, 9.17) is 0 Å². The number of likely N-dealkylation sites (tertiary alicyclic amines) is 2. The Balaban J connectivity index is 1.17. The van der Waals surface area contributed by atoms with Crippen molar-refractivity contribution in [3.63, 3.8) is 0 Å². The second kappa shape index (κ2) is 12.5. The average molecular weight is 566 g/mol. The Bertz CT molecular complexity index is 1450. The van der Waals surface area contributed by atoms with E-state index >= 15 is 0 Å². The Morgan fingerprint density at radius 3 is 2.67 bits per heavy atom. The smallest absolute Gasteiger partial charge is 0.135 e. The molecule has 0 spiro atoms. The minimum Gasteiger partial charge on any atom is -0.375 e. The van der Waals surface area contributed by atoms with Gasteiger partial charge in [0.2, 0.25) is 0 Å². The standard InChI is InChI=1S/C36H47N5O/c1-24(2)35-32-21-28(27-11-18-41(19-12-27)26(4)10-15-40-16-13-31(42)14-17-40)8-9-33(32)39-36(35)29-6-5-7-30-22-34(25(3)20-29)38-23-37-30/h6,8-9,20-21,23-24,27,30,39H,4-5,7,10-19,22H2,1-3H3/b25-20-,29-6+. The van der Waals surface area contributed by atoms with Crippen LogP contribution in [0.4, 0.5) is 0 Å². The fourth-order valence-electron chi connectivity index (χ4n) is 7.26. The highest BCUT2D eigenvalue weighted by molar-refractivity contribution is 6.06. The third-order valence-corrected chi connectivity index (χ3v) is 9.88. The normalized spacial score (nSPS) is 25.0. The molecule has 2 aromatic rings. The molecule has 6 rings (SSSR count). The van der Waals surface area contributed by atoms with Crippen LogP contribution in [-0.4, -0.2) is 71.4 Å². The molecule has 2 fully saturated rings. The molecule has 222 valence electrons. The van der Waals surface area contributed by atoms with Crippen LogP contribution in [0.25, 0.3) is 16.5 Å². The summed E-state index contributed by atoms with van der Waals surface area (Å²) in [5.41, 5.74) is 10.3. The number of rotatable bonds is 7. The van der Waals surface area contributed by atoms with Crippen molar-refractivity contribution < 1.29 is 4.79 Å². The van der Waals surface area contributed by atoms with Crippen molar-refractivity contribution in [1.29, 1.82) is 0 Å². The molecule has 42 heavy (non-hydrogen) atoms. The molecule has 0 amide bonds. The molecule has 0 radical (unpaired) electrons. The summed E-state index contributed by atoms with van der Waals surface area (Å²) in [4.78, 5) is 29.5. The molecule has 4 aliphatic rings. The maximum Gasteiger partial charge on any atom is 0.135 e. The van der Waals surface area contributed by atoms with Gasteiger partial charge >= 0.3 is 0 Å². The largest absolute Gasteiger partial charge is 0.375 e. The highest BCUT2D eigenvalue weighted by Crippen LogP contribution is 2.38. The number of nitrogens with zero attached hydrogens (tertiary/aromatic N) is 4. The van der Waals surface area contributed by atoms with Gasteiger partial charge in [-0.25, -0.2) is 4.99 Å². The van der Waals surface area contributed by atoms with Crippen LogP contribution in [0.2, 0.25) is 0 Å². The van der Waals surface area contributed by atoms with Crippen LogP contribution in [-0.2, 0) is 4.79 Å². The van der Waals surface area contributed by atoms with Crippen molar-refractivity contribution in [2.24, 2.45) is 9.98 Å². The van der Waals surface area contributed by atoms with Gasteiger partial charge in [0, 0.05) is 80.0 Å². The quantitative estimate of drug-likeness (QED) is 0.380. The predicted octanol–water partition coefficient (Wildman–Crippen LogP) is 7.40. The van der Waals surface area contributed by atoms with Crippen LogP contribution in [0.15, 0.2) is 58.2 Å². The zero-order valence-electron chi connectivity index (χ0n) is 25.8. The van der Waals surface area contributed by atoms with Crippen molar-refractivity contribution in [1.82, 2.24) is 14.8 Å². The molecule has 4 heterocycles. The number of ketones is 1. The number of carbonyl (C=O) groups excluding carboxylic acids is 1. The van der Waals surface area contributed by atoms with Crippen molar-refractivity contribution in [3.05, 3.63) is 65.0 Å². The number of piperidine rings is 2. The number of nitrogens with one attached hydrogen (secondary N) is 1. The summed E-state index contributed by atoms with van der Waals surface area (Å²) < 4.78 is 0. The minimum atomic E-state index is 0.344. The SMILES string of the molecule is C=C(CCN1CCC(=O)CC1)N1CCC(c2ccc3[nH]c(C4=C/CCC5CC(=NC=N5)/C(C)=C\4)c(C(C)C)c3c2)CC1. The Labute approximate surface area is 251 Å². The molecule has 1 aromatic carbocycles. The van der Waals surface area contributed by atoms with Gasteiger partial charge in [0.25, 0.3) is 0 Å². The van der Waals surface area contributed by atoms with E-state index in [1.807, 2.05) is 0 Å². The van der Waals surface area contributed by atoms with Gasteiger partial charge in [-0.3, -0.25) is 9.79 Å². The van der Waals surface area contributed by atoms with E-state index in [0.29, 0.717) is 36.5 Å². The van der Waals surface area contributed by atoms with Crippen molar-refractivity contribution in [3.8, 4) is 0 Å². The fourth-order valence-corrected chi connectivity index (χ4v) is 7.26. The van der Waals surface area contributed by atoms with Gasteiger partial charge in [0.05, 0.1) is 6.04 Å². The third-order valence-electron chi connectivity index (χ3n) is 9.88. The summed E-state index contributed by atoms with van der Waals surface area (Å²) in [6.45, 7) is 16.3. The average Bonchev–Trinajstić information content (AvgIpc) is 3.40. The first-order valence-electron chi connectivity index (χ1n) is 16.2. The monoisotopic (exact) mass is 565 g/mol. The highest BCUT2D eigenvalue weighted by atomic mass is 16.1. The molecular weight excluding hydrogens is 518 g/mol. The van der Waals surface area contributed by atoms with Gasteiger partial charge in [-0.2, -0.15) is 0 Å². The first-order valence-corrected chi connectivity index (χ1v) is 16.2. The van der Waals surface area contributed by atoms with Crippen LogP contribution in [0, 0.1) is 0 Å². The van der Waals surface area contributed by atoms with E-state index in [1.165, 1.54) is 50.3 Å². The lowest BCUT2D eigenvalue weighted by atomic mass is 9.87. The number of H-pyrrole nitrogens is 1. The van der Waals surface area contributed by atoms with Gasteiger partial charge in [0.15, 0.2) is 0 Å². The van der Waals surface area contributed by atoms with Crippen molar-refractivity contribution >= 4 is 34.3 Å². The molecule has 0 saturated carbocycles. The molecular formula is C36H47N5O. The molecule has 2 saturated heterocycles. The number of aromatic amines is 1. The number of Topliss-reactive ketones (excluding diaryl/α,β-unsaturated/α-hetero) is 1. The number of aliphatic imine (C=N–C) groups is 2. The van der Waals surface area contributed by atoms with E-state index in [-0.39, 0.29) is 0 Å². The van der Waals surface area contributed by atoms with E-state index in [1.54, 1.807) is 6.34 Å². The lowest BCUT2D eigenvalue weighted by Crippen LogP contribution is -2.37. The molecule has 2 bridgehead atoms. The van der Waals surface area contributed by atoms with E-state index in [9.17, 15) is 4.79 Å². The van der Waals surface area contributed by atoms with Gasteiger partial charge in [-0.05, 0) is 91.3 Å². The summed E-state index contributed by atoms with van der Waals surface area (Å²) in [6.07, 6.45) is 14.3. The molecule has 1 aromatic heterocycles. The first kappa shape index (κ1) is 28.9. The number of hydrogen-bond acceptors (Lipinski definition) is 5. The Hall–Kier alpha value is -3.25. The van der Waals surface area contributed by atoms with Crippen molar-refractivity contribution in [2.45, 2.75) is 90.0 Å². The Morgan fingerprint density at radius 1 is 1.12 bits per heavy atom. The second-order valence-electron chi connectivity index (χ2n) is 13.1. The zero-order valence-corrected chi connectivity index (χ0v) is 25.8. The topological polar surface area (TPSA) is 64.1 Å². The van der Waals surface area contributed by atoms with E-state index in [0.717, 1.165) is 71.2 Å². The molecule has 6 nitrogen and oxygen atoms in total. The van der Waals surface area contributed by atoms with Crippen LogP contribution in [0.3, 0.4) is 0 Å². The highest BCUT2D eigenvalue weighted by Gasteiger charge is 2.25. The van der Waals surface area contributed by atoms with Crippen molar-refractivity contribution in [2.75, 3.05) is 32.7 Å². The molecule has 1 atom stereocenters. The summed E-state index contributed by atoms with van der Waals surface area (Å²) >= 11 is 0. The number of carbonyl (C=O) groups is 1. The second-order valence-corrected chi connectivity index (χ2v) is 13.1. The number of benzene rings is 1. The van der Waals surface area contributed by atoms with Gasteiger partial charge < -0.3 is 14.8 Å². The number of fused-ring (bicyclic) bond motifs is 3. The lowest BCUT2D eigenvalue weighted by molar-refractivity contribution is -0.121. The summed E-state index contributed by atoms with van der Waals surface area (Å²) in [5.74, 6) is 1.40. The van der Waals surface area contributed by atoms with Gasteiger partial charge in [-0.15, -0.1) is 0 Å². The molecule has 1 N–H and O–H groups in total. The predicted molar refractivity (Wildman–Crippen MR) is 176 cm³/mol. The van der Waals surface area contributed by atoms with E-state index < -0.39 is 0 Å². The number of aromatic nitrogens is 1. The van der Waals surface area contributed by atoms with Crippen LogP contribution in [0.5, 0.6) is 0 Å². The number of hydrogen-bond donors (Lipinski definition) is 1. The first-order chi connectivity index (χ1) is 20.4. The Kier molecular flexibility index (Phi) is 8.62. The molecule has 3 aliphatic heterocycles. The fraction of sp³-hybridized carbons (Fsp3) is 0.528. The van der Waals surface area contributed by atoms with Gasteiger partial charge in [-0.1, -0.05) is 32.6 Å². The zero-order chi connectivity index (χ0) is 29.2. The van der Waals surface area contributed by atoms with Gasteiger partial charge in [0.1, 0.15) is 12.1 Å². The van der Waals surface area contributed by atoms with E-state index in [2.05, 4.69) is 82.5 Å². The maximum absolute atomic E-state index is 11.6.